The first kappa shape index (κ1) is 22.9. The Labute approximate surface area is 191 Å². The second-order valence-corrected chi connectivity index (χ2v) is 10.0. The topological polar surface area (TPSA) is 145 Å². The molecule has 3 amide bonds. The van der Waals surface area contributed by atoms with Gasteiger partial charge in [-0.05, 0) is 32.4 Å². The molecule has 1 aromatic heterocycles. The maximum absolute atomic E-state index is 13.0. The van der Waals surface area contributed by atoms with Crippen molar-refractivity contribution in [1.29, 1.82) is 0 Å². The molecule has 1 aromatic carbocycles. The average molecular weight is 475 g/mol. The SMILES string of the molecule is Cc1n[nH]c(C)c1S(=O)(=O)N1CCN(C(=O)CC[C@H]2NC(=O)c3ccccc3NC2=O)CC1. The van der Waals surface area contributed by atoms with Crippen LogP contribution in [0.15, 0.2) is 29.2 Å². The Bertz CT molecular complexity index is 1180. The number of nitrogens with one attached hydrogen (secondary N) is 3. The largest absolute Gasteiger partial charge is 0.340 e. The molecular formula is C21H26N6O5S. The molecule has 176 valence electrons. The molecule has 0 bridgehead atoms. The number of aryl methyl sites for hydroxylation is 2. The van der Waals surface area contributed by atoms with Crippen molar-refractivity contribution in [2.75, 3.05) is 31.5 Å². The van der Waals surface area contributed by atoms with Gasteiger partial charge in [0.05, 0.1) is 22.6 Å². The molecule has 12 heteroatoms. The highest BCUT2D eigenvalue weighted by molar-refractivity contribution is 7.89. The van der Waals surface area contributed by atoms with E-state index in [1.807, 2.05) is 0 Å². The number of hydrogen-bond acceptors (Lipinski definition) is 6. The second-order valence-electron chi connectivity index (χ2n) is 8.15. The van der Waals surface area contributed by atoms with Crippen LogP contribution in [0, 0.1) is 13.8 Å². The highest BCUT2D eigenvalue weighted by Gasteiger charge is 2.34. The van der Waals surface area contributed by atoms with E-state index >= 15 is 0 Å². The molecule has 11 nitrogen and oxygen atoms in total. The number of hydrogen-bond donors (Lipinski definition) is 3. The summed E-state index contributed by atoms with van der Waals surface area (Å²) >= 11 is 0. The van der Waals surface area contributed by atoms with Crippen molar-refractivity contribution in [3.63, 3.8) is 0 Å². The van der Waals surface area contributed by atoms with Crippen molar-refractivity contribution in [3.05, 3.63) is 41.2 Å². The van der Waals surface area contributed by atoms with Crippen LogP contribution in [-0.4, -0.2) is 77.8 Å². The first-order chi connectivity index (χ1) is 15.7. The number of anilines is 1. The minimum absolute atomic E-state index is 0.0570. The lowest BCUT2D eigenvalue weighted by molar-refractivity contribution is -0.132. The number of amides is 3. The fourth-order valence-corrected chi connectivity index (χ4v) is 5.92. The standard InChI is InChI=1S/C21H26N6O5S/c1-13-19(14(2)25-24-13)33(31,32)27-11-9-26(10-12-27)18(28)8-7-17-21(30)22-16-6-4-3-5-15(16)20(29)23-17/h3-6,17H,7-12H2,1-2H3,(H,22,30)(H,23,29)(H,24,25)/t17-/m1/s1. The Kier molecular flexibility index (Phi) is 6.21. The van der Waals surface area contributed by atoms with E-state index in [0.717, 1.165) is 0 Å². The van der Waals surface area contributed by atoms with Crippen LogP contribution in [0.1, 0.15) is 34.6 Å². The Morgan fingerprint density at radius 3 is 2.48 bits per heavy atom. The van der Waals surface area contributed by atoms with Crippen molar-refractivity contribution in [1.82, 2.24) is 24.7 Å². The molecular weight excluding hydrogens is 448 g/mol. The molecule has 3 N–H and O–H groups in total. The smallest absolute Gasteiger partial charge is 0.254 e. The molecule has 1 saturated heterocycles. The number of benzene rings is 1. The molecule has 0 saturated carbocycles. The van der Waals surface area contributed by atoms with E-state index in [-0.39, 0.29) is 61.6 Å². The zero-order chi connectivity index (χ0) is 23.8. The molecule has 3 heterocycles. The third-order valence-electron chi connectivity index (χ3n) is 5.95. The van der Waals surface area contributed by atoms with Crippen LogP contribution >= 0.6 is 0 Å². The van der Waals surface area contributed by atoms with Crippen molar-refractivity contribution in [3.8, 4) is 0 Å². The average Bonchev–Trinajstić information content (AvgIpc) is 3.08. The van der Waals surface area contributed by atoms with Gasteiger partial charge in [-0.2, -0.15) is 9.40 Å². The number of para-hydroxylation sites is 1. The molecule has 0 radical (unpaired) electrons. The number of carbonyl (C=O) groups excluding carboxylic acids is 3. The van der Waals surface area contributed by atoms with Gasteiger partial charge in [-0.25, -0.2) is 8.42 Å². The van der Waals surface area contributed by atoms with Gasteiger partial charge in [0.15, 0.2) is 0 Å². The highest BCUT2D eigenvalue weighted by atomic mass is 32.2. The Balaban J connectivity index is 1.33. The summed E-state index contributed by atoms with van der Waals surface area (Å²) in [6.07, 6.45) is 0.206. The molecule has 1 atom stereocenters. The van der Waals surface area contributed by atoms with Gasteiger partial charge in [-0.15, -0.1) is 0 Å². The number of aromatic nitrogens is 2. The van der Waals surface area contributed by atoms with Crippen LogP contribution in [0.2, 0.25) is 0 Å². The molecule has 0 unspecified atom stereocenters. The van der Waals surface area contributed by atoms with E-state index < -0.39 is 16.1 Å². The summed E-state index contributed by atoms with van der Waals surface area (Å²) in [4.78, 5) is 39.4. The number of sulfonamides is 1. The number of rotatable bonds is 5. The fourth-order valence-electron chi connectivity index (χ4n) is 4.17. The van der Waals surface area contributed by atoms with E-state index in [9.17, 15) is 22.8 Å². The van der Waals surface area contributed by atoms with Gasteiger partial charge in [-0.3, -0.25) is 19.5 Å². The minimum atomic E-state index is -3.70. The maximum Gasteiger partial charge on any atom is 0.254 e. The number of piperazine rings is 1. The number of fused-ring (bicyclic) bond motifs is 1. The summed E-state index contributed by atoms with van der Waals surface area (Å²) < 4.78 is 27.3. The fraction of sp³-hybridized carbons (Fsp3) is 0.429. The van der Waals surface area contributed by atoms with Crippen molar-refractivity contribution < 1.29 is 22.8 Å². The first-order valence-corrected chi connectivity index (χ1v) is 12.1. The summed E-state index contributed by atoms with van der Waals surface area (Å²) in [7, 11) is -3.70. The third kappa shape index (κ3) is 4.48. The van der Waals surface area contributed by atoms with E-state index in [1.165, 1.54) is 4.31 Å². The molecule has 4 rings (SSSR count). The molecule has 0 spiro atoms. The molecule has 2 aliphatic rings. The van der Waals surface area contributed by atoms with Gasteiger partial charge >= 0.3 is 0 Å². The van der Waals surface area contributed by atoms with Crippen LogP contribution < -0.4 is 10.6 Å². The summed E-state index contributed by atoms with van der Waals surface area (Å²) in [6, 6.07) is 5.88. The predicted molar refractivity (Wildman–Crippen MR) is 119 cm³/mol. The second kappa shape index (κ2) is 8.94. The minimum Gasteiger partial charge on any atom is -0.340 e. The molecule has 2 aliphatic heterocycles. The van der Waals surface area contributed by atoms with Gasteiger partial charge in [0, 0.05) is 32.6 Å². The lowest BCUT2D eigenvalue weighted by Gasteiger charge is -2.34. The molecule has 1 fully saturated rings. The summed E-state index contributed by atoms with van der Waals surface area (Å²) in [5, 5.41) is 12.1. The van der Waals surface area contributed by atoms with Crippen molar-refractivity contribution in [2.24, 2.45) is 0 Å². The molecule has 2 aromatic rings. The van der Waals surface area contributed by atoms with Crippen molar-refractivity contribution in [2.45, 2.75) is 37.6 Å². The van der Waals surface area contributed by atoms with Crippen LogP contribution in [0.4, 0.5) is 5.69 Å². The first-order valence-electron chi connectivity index (χ1n) is 10.7. The van der Waals surface area contributed by atoms with E-state index in [4.69, 9.17) is 0 Å². The van der Waals surface area contributed by atoms with E-state index in [2.05, 4.69) is 20.8 Å². The number of carbonyl (C=O) groups is 3. The molecule has 0 aliphatic carbocycles. The van der Waals surface area contributed by atoms with Gasteiger partial charge in [0.1, 0.15) is 10.9 Å². The predicted octanol–water partition coefficient (Wildman–Crippen LogP) is 0.390. The Morgan fingerprint density at radius 2 is 1.82 bits per heavy atom. The van der Waals surface area contributed by atoms with Crippen LogP contribution in [-0.2, 0) is 19.6 Å². The van der Waals surface area contributed by atoms with Gasteiger partial charge in [0.25, 0.3) is 5.91 Å². The zero-order valence-corrected chi connectivity index (χ0v) is 19.2. The highest BCUT2D eigenvalue weighted by Crippen LogP contribution is 2.23. The zero-order valence-electron chi connectivity index (χ0n) is 18.4. The van der Waals surface area contributed by atoms with Crippen LogP contribution in [0.25, 0.3) is 0 Å². The van der Waals surface area contributed by atoms with Gasteiger partial charge in [-0.1, -0.05) is 12.1 Å². The lowest BCUT2D eigenvalue weighted by Crippen LogP contribution is -2.51. The number of aromatic amines is 1. The van der Waals surface area contributed by atoms with Crippen LogP contribution in [0.3, 0.4) is 0 Å². The van der Waals surface area contributed by atoms with Gasteiger partial charge < -0.3 is 15.5 Å². The Morgan fingerprint density at radius 1 is 1.12 bits per heavy atom. The summed E-state index contributed by atoms with van der Waals surface area (Å²) in [5.74, 6) is -0.931. The number of H-pyrrole nitrogens is 1. The normalized spacial score (nSPS) is 19.5. The summed E-state index contributed by atoms with van der Waals surface area (Å²) in [5.41, 5.74) is 1.71. The van der Waals surface area contributed by atoms with Gasteiger partial charge in [0.2, 0.25) is 21.8 Å². The molecule has 33 heavy (non-hydrogen) atoms. The maximum atomic E-state index is 13.0. The van der Waals surface area contributed by atoms with E-state index in [0.29, 0.717) is 22.6 Å². The number of nitrogens with zero attached hydrogens (tertiary/aromatic N) is 3. The van der Waals surface area contributed by atoms with E-state index in [1.54, 1.807) is 43.0 Å². The Hall–Kier alpha value is -3.25. The monoisotopic (exact) mass is 474 g/mol. The quantitative estimate of drug-likeness (QED) is 0.572. The third-order valence-corrected chi connectivity index (χ3v) is 8.11. The lowest BCUT2D eigenvalue weighted by atomic mass is 10.1. The van der Waals surface area contributed by atoms with Crippen LogP contribution in [0.5, 0.6) is 0 Å². The summed E-state index contributed by atoms with van der Waals surface area (Å²) in [6.45, 7) is 4.15. The van der Waals surface area contributed by atoms with Crippen molar-refractivity contribution >= 4 is 33.4 Å².